The molecular weight excluding hydrogens is 1070 g/mol. The quantitative estimate of drug-likeness (QED) is 0.0146. The van der Waals surface area contributed by atoms with E-state index < -0.39 is 91.5 Å². The summed E-state index contributed by atoms with van der Waals surface area (Å²) in [6.45, 7) is 2.51. The summed E-state index contributed by atoms with van der Waals surface area (Å²) < 4.78 is 60.7. The van der Waals surface area contributed by atoms with Crippen LogP contribution in [-0.2, 0) is 55.8 Å². The molecule has 0 bridgehead atoms. The van der Waals surface area contributed by atoms with E-state index in [2.05, 4.69) is 81.5 Å². The lowest BCUT2D eigenvalue weighted by Gasteiger charge is -2.21. The third-order valence-corrected chi connectivity index (χ3v) is 15.1. The third-order valence-electron chi connectivity index (χ3n) is 13.2. The number of carbonyl (C=O) groups excluding carboxylic acids is 3. The van der Waals surface area contributed by atoms with Gasteiger partial charge in [-0.3, -0.25) is 32.5 Å². The topological polar surface area (TPSA) is 231 Å². The van der Waals surface area contributed by atoms with E-state index in [1.807, 2.05) is 0 Å². The summed E-state index contributed by atoms with van der Waals surface area (Å²) in [6, 6.07) is 0. The van der Waals surface area contributed by atoms with Crippen molar-refractivity contribution >= 4 is 33.6 Å². The molecule has 5 atom stereocenters. The van der Waals surface area contributed by atoms with E-state index >= 15 is 0 Å². The van der Waals surface area contributed by atoms with Crippen LogP contribution in [0.4, 0.5) is 0 Å². The second-order valence-electron chi connectivity index (χ2n) is 21.2. The first-order chi connectivity index (χ1) is 39.2. The summed E-state index contributed by atoms with van der Waals surface area (Å²) in [7, 11) is -9.76. The second-order valence-corrected chi connectivity index (χ2v) is 24.1. The minimum atomic E-state index is -4.92. The van der Waals surface area contributed by atoms with E-state index in [1.54, 1.807) is 0 Å². The molecule has 0 saturated carbocycles. The summed E-state index contributed by atoms with van der Waals surface area (Å²) in [5.41, 5.74) is 0. The minimum Gasteiger partial charge on any atom is -0.463 e. The molecule has 472 valence electrons. The van der Waals surface area contributed by atoms with Gasteiger partial charge in [0.05, 0.1) is 26.4 Å². The zero-order valence-electron chi connectivity index (χ0n) is 50.7. The zero-order chi connectivity index (χ0) is 59.6. The molecule has 0 spiro atoms. The van der Waals surface area contributed by atoms with E-state index in [0.717, 1.165) is 135 Å². The Morgan fingerprint density at radius 3 is 1.06 bits per heavy atom. The Balaban J connectivity index is 4.66. The molecule has 0 aromatic carbocycles. The Morgan fingerprint density at radius 1 is 0.358 bits per heavy atom. The van der Waals surface area contributed by atoms with Gasteiger partial charge < -0.3 is 34.2 Å². The van der Waals surface area contributed by atoms with Gasteiger partial charge in [0.2, 0.25) is 0 Å². The van der Waals surface area contributed by atoms with E-state index in [4.69, 9.17) is 32.3 Å². The molecule has 0 saturated heterocycles. The van der Waals surface area contributed by atoms with Gasteiger partial charge in [-0.1, -0.05) is 223 Å². The van der Waals surface area contributed by atoms with Gasteiger partial charge in [0.15, 0.2) is 6.10 Å². The van der Waals surface area contributed by atoms with Gasteiger partial charge in [-0.05, 0) is 83.5 Å². The molecule has 0 aliphatic heterocycles. The average molecular weight is 1190 g/mol. The van der Waals surface area contributed by atoms with E-state index in [9.17, 15) is 43.5 Å². The summed E-state index contributed by atoms with van der Waals surface area (Å²) >= 11 is 0. The van der Waals surface area contributed by atoms with Crippen LogP contribution in [0.5, 0.6) is 0 Å². The van der Waals surface area contributed by atoms with Crippen LogP contribution in [0.3, 0.4) is 0 Å². The molecule has 0 aromatic heterocycles. The van der Waals surface area contributed by atoms with Crippen LogP contribution in [0.15, 0.2) is 60.8 Å². The first-order valence-corrected chi connectivity index (χ1v) is 34.6. The predicted octanol–water partition coefficient (Wildman–Crippen LogP) is 16.6. The predicted molar refractivity (Wildman–Crippen MR) is 325 cm³/mol. The molecule has 0 rings (SSSR count). The van der Waals surface area contributed by atoms with Gasteiger partial charge >= 0.3 is 33.6 Å². The monoisotopic (exact) mass is 1190 g/mol. The molecule has 0 aromatic rings. The Kier molecular flexibility index (Phi) is 55.7. The number of phosphoric acid groups is 2. The maximum absolute atomic E-state index is 12.9. The fraction of sp³-hybridized carbons (Fsp3) is 0.794. The number of carbonyl (C=O) groups is 3. The Labute approximate surface area is 490 Å². The molecule has 81 heavy (non-hydrogen) atoms. The van der Waals surface area contributed by atoms with Gasteiger partial charge in [0.1, 0.15) is 25.4 Å². The number of phosphoric ester groups is 2. The Morgan fingerprint density at radius 2 is 0.654 bits per heavy atom. The highest BCUT2D eigenvalue weighted by Crippen LogP contribution is 2.45. The minimum absolute atomic E-state index is 0.106. The molecule has 0 fully saturated rings. The summed E-state index contributed by atoms with van der Waals surface area (Å²) in [5, 5.41) is 20.5. The van der Waals surface area contributed by atoms with Gasteiger partial charge in [-0.15, -0.1) is 0 Å². The average Bonchev–Trinajstić information content (AvgIpc) is 3.44. The van der Waals surface area contributed by atoms with Crippen LogP contribution in [0.2, 0.25) is 0 Å². The van der Waals surface area contributed by atoms with Gasteiger partial charge in [0.25, 0.3) is 0 Å². The third kappa shape index (κ3) is 58.8. The molecule has 0 heterocycles. The number of ether oxygens (including phenoxy) is 3. The lowest BCUT2D eigenvalue weighted by atomic mass is 10.0. The molecule has 0 amide bonds. The maximum atomic E-state index is 12.9. The van der Waals surface area contributed by atoms with Crippen LogP contribution in [0.25, 0.3) is 0 Å². The summed E-state index contributed by atoms with van der Waals surface area (Å²) in [4.78, 5) is 58.2. The van der Waals surface area contributed by atoms with Crippen LogP contribution < -0.4 is 0 Å². The first kappa shape index (κ1) is 78.2. The highest BCUT2D eigenvalue weighted by molar-refractivity contribution is 7.47. The van der Waals surface area contributed by atoms with Crippen molar-refractivity contribution in [2.75, 3.05) is 39.6 Å². The van der Waals surface area contributed by atoms with Crippen LogP contribution in [-0.4, -0.2) is 95.9 Å². The van der Waals surface area contributed by atoms with Crippen LogP contribution in [0, 0.1) is 0 Å². The fourth-order valence-corrected chi connectivity index (χ4v) is 9.96. The van der Waals surface area contributed by atoms with Crippen molar-refractivity contribution in [1.29, 1.82) is 0 Å². The number of hydrogen-bond acceptors (Lipinski definition) is 14. The van der Waals surface area contributed by atoms with Crippen molar-refractivity contribution in [3.8, 4) is 0 Å². The number of rotatable bonds is 60. The molecule has 5 unspecified atom stereocenters. The summed E-state index contributed by atoms with van der Waals surface area (Å²) in [5.74, 6) is -1.59. The van der Waals surface area contributed by atoms with Crippen molar-refractivity contribution in [3.05, 3.63) is 60.8 Å². The lowest BCUT2D eigenvalue weighted by Crippen LogP contribution is -2.30. The Hall–Kier alpha value is -2.75. The normalized spacial score (nSPS) is 14.8. The smallest absolute Gasteiger partial charge is 0.463 e. The number of hydrogen-bond donors (Lipinski definition) is 4. The van der Waals surface area contributed by atoms with Crippen molar-refractivity contribution in [1.82, 2.24) is 0 Å². The van der Waals surface area contributed by atoms with Crippen LogP contribution in [0.1, 0.15) is 265 Å². The molecule has 16 nitrogen and oxygen atoms in total. The SMILES string of the molecule is CC/C=C\C/C=C\C/C=C\CCCCCCCCCC(=O)OCC(O)COP(=O)(O)OCC(O)COP(=O)(O)OCC(COC(=O)CCCCCCC/C=C\C/C=C\CCCCC)OC(=O)CCCCCCCCCCCCCCC. The second kappa shape index (κ2) is 57.7. The van der Waals surface area contributed by atoms with Gasteiger partial charge in [-0.2, -0.15) is 0 Å². The zero-order valence-corrected chi connectivity index (χ0v) is 52.5. The highest BCUT2D eigenvalue weighted by Gasteiger charge is 2.29. The lowest BCUT2D eigenvalue weighted by molar-refractivity contribution is -0.161. The summed E-state index contributed by atoms with van der Waals surface area (Å²) in [6.07, 6.45) is 55.6. The van der Waals surface area contributed by atoms with E-state index in [-0.39, 0.29) is 19.3 Å². The van der Waals surface area contributed by atoms with E-state index in [0.29, 0.717) is 19.3 Å². The molecule has 0 aliphatic rings. The van der Waals surface area contributed by atoms with Crippen molar-refractivity contribution < 1.29 is 75.8 Å². The standard InChI is InChI=1S/C63H114O16P2/c1-4-7-10-13-16-19-22-25-27-28-30-33-34-37-40-43-46-49-61(66)73-52-58(64)53-75-80(69,70)76-54-59(65)55-77-81(71,72)78-57-60(79-63(68)51-48-45-42-39-36-31-24-21-18-15-12-9-6-3)56-74-62(67)50-47-44-41-38-35-32-29-26-23-20-17-14-11-8-5-2/h7,10,16-17,19-20,25-27,29,58-60,64-65H,4-6,8-9,11-15,18,21-24,28,30-57H2,1-3H3,(H,69,70)(H,71,72)/b10-7-,19-16-,20-17-,27-25-,29-26-. The molecule has 0 aliphatic carbocycles. The number of aliphatic hydroxyl groups excluding tert-OH is 2. The highest BCUT2D eigenvalue weighted by atomic mass is 31.2. The first-order valence-electron chi connectivity index (χ1n) is 31.6. The largest absolute Gasteiger partial charge is 0.472 e. The Bertz CT molecular complexity index is 1730. The number of esters is 3. The number of unbranched alkanes of at least 4 members (excludes halogenated alkanes) is 27. The van der Waals surface area contributed by atoms with Gasteiger partial charge in [-0.25, -0.2) is 9.13 Å². The fourth-order valence-electron chi connectivity index (χ4n) is 8.38. The number of allylic oxidation sites excluding steroid dienone is 10. The molecule has 0 radical (unpaired) electrons. The van der Waals surface area contributed by atoms with Gasteiger partial charge in [0, 0.05) is 19.3 Å². The molecule has 18 heteroatoms. The van der Waals surface area contributed by atoms with Crippen molar-refractivity contribution in [2.45, 2.75) is 283 Å². The molecule has 4 N–H and O–H groups in total. The van der Waals surface area contributed by atoms with Crippen molar-refractivity contribution in [3.63, 3.8) is 0 Å². The van der Waals surface area contributed by atoms with E-state index in [1.165, 1.54) is 70.6 Å². The maximum Gasteiger partial charge on any atom is 0.472 e. The molecular formula is C63H114O16P2. The number of aliphatic hydroxyl groups is 2. The van der Waals surface area contributed by atoms with Crippen LogP contribution >= 0.6 is 15.6 Å². The van der Waals surface area contributed by atoms with Crippen molar-refractivity contribution in [2.24, 2.45) is 0 Å².